The first-order chi connectivity index (χ1) is 11.6. The van der Waals surface area contributed by atoms with Crippen molar-refractivity contribution in [3.8, 4) is 11.5 Å². The Morgan fingerprint density at radius 3 is 2.21 bits per heavy atom. The zero-order valence-corrected chi connectivity index (χ0v) is 14.7. The third-order valence-electron chi connectivity index (χ3n) is 4.21. The molecule has 6 nitrogen and oxygen atoms in total. The Hall–Kier alpha value is -2.50. The summed E-state index contributed by atoms with van der Waals surface area (Å²) < 4.78 is 10.7. The molecule has 1 saturated heterocycles. The molecule has 2 heterocycles. The van der Waals surface area contributed by atoms with E-state index in [4.69, 9.17) is 9.47 Å². The number of anilines is 2. The molecule has 1 aromatic carbocycles. The predicted molar refractivity (Wildman–Crippen MR) is 95.3 cm³/mol. The van der Waals surface area contributed by atoms with Crippen molar-refractivity contribution < 1.29 is 9.47 Å². The van der Waals surface area contributed by atoms with Crippen molar-refractivity contribution in [3.63, 3.8) is 0 Å². The molecule has 2 aromatic rings. The molecule has 1 aromatic heterocycles. The lowest BCUT2D eigenvalue weighted by Crippen LogP contribution is -2.27. The Morgan fingerprint density at radius 2 is 1.62 bits per heavy atom. The van der Waals surface area contributed by atoms with Gasteiger partial charge in [0, 0.05) is 54.4 Å². The number of methoxy groups -OCH3 is 2. The van der Waals surface area contributed by atoms with Gasteiger partial charge in [0.2, 0.25) is 5.95 Å². The van der Waals surface area contributed by atoms with E-state index >= 15 is 0 Å². The fourth-order valence-corrected chi connectivity index (χ4v) is 3.06. The molecule has 0 radical (unpaired) electrons. The molecule has 1 aliphatic rings. The highest BCUT2D eigenvalue weighted by atomic mass is 16.5. The van der Waals surface area contributed by atoms with Gasteiger partial charge in [0.1, 0.15) is 11.5 Å². The minimum absolute atomic E-state index is 0.323. The molecule has 1 N–H and O–H groups in total. The van der Waals surface area contributed by atoms with Crippen LogP contribution in [0, 0.1) is 13.8 Å². The van der Waals surface area contributed by atoms with Gasteiger partial charge in [-0.25, -0.2) is 9.97 Å². The minimum atomic E-state index is 0.323. The molecule has 24 heavy (non-hydrogen) atoms. The summed E-state index contributed by atoms with van der Waals surface area (Å²) in [6, 6.07) is 8.27. The number of hydrogen-bond donors (Lipinski definition) is 1. The maximum atomic E-state index is 5.36. The maximum Gasteiger partial charge on any atom is 0.223 e. The molecule has 6 heteroatoms. The van der Waals surface area contributed by atoms with Crippen LogP contribution in [0.15, 0.2) is 24.3 Å². The van der Waals surface area contributed by atoms with Gasteiger partial charge in [0.05, 0.1) is 14.2 Å². The van der Waals surface area contributed by atoms with Crippen LogP contribution in [0.2, 0.25) is 0 Å². The number of nitrogens with zero attached hydrogens (tertiary/aromatic N) is 3. The summed E-state index contributed by atoms with van der Waals surface area (Å²) in [6.45, 7) is 5.85. The Kier molecular flexibility index (Phi) is 4.74. The van der Waals surface area contributed by atoms with E-state index in [2.05, 4.69) is 20.2 Å². The van der Waals surface area contributed by atoms with Crippen LogP contribution in [0.5, 0.6) is 11.5 Å². The van der Waals surface area contributed by atoms with E-state index in [0.29, 0.717) is 12.0 Å². The Labute approximate surface area is 142 Å². The van der Waals surface area contributed by atoms with Crippen LogP contribution >= 0.6 is 0 Å². The molecule has 1 atom stereocenters. The van der Waals surface area contributed by atoms with E-state index in [0.717, 1.165) is 48.1 Å². The molecular weight excluding hydrogens is 304 g/mol. The standard InChI is InChI=1S/C18H24N4O2/c1-12-7-13(2)20-18(19-12)21-14-5-6-22(11-14)15-8-16(23-3)10-17(9-15)24-4/h7-10,14H,5-6,11H2,1-4H3,(H,19,20,21). The molecule has 128 valence electrons. The average Bonchev–Trinajstić information content (AvgIpc) is 3.01. The van der Waals surface area contributed by atoms with E-state index in [9.17, 15) is 0 Å². The van der Waals surface area contributed by atoms with Gasteiger partial charge in [-0.3, -0.25) is 0 Å². The number of aryl methyl sites for hydroxylation is 2. The van der Waals surface area contributed by atoms with Crippen molar-refractivity contribution >= 4 is 11.6 Å². The fraction of sp³-hybridized carbons (Fsp3) is 0.444. The summed E-state index contributed by atoms with van der Waals surface area (Å²) in [6.07, 6.45) is 1.04. The summed E-state index contributed by atoms with van der Waals surface area (Å²) in [5, 5.41) is 3.45. The van der Waals surface area contributed by atoms with Crippen molar-refractivity contribution in [2.45, 2.75) is 26.3 Å². The third kappa shape index (κ3) is 3.69. The largest absolute Gasteiger partial charge is 0.497 e. The number of ether oxygens (including phenoxy) is 2. The third-order valence-corrected chi connectivity index (χ3v) is 4.21. The average molecular weight is 328 g/mol. The van der Waals surface area contributed by atoms with Crippen LogP contribution < -0.4 is 19.7 Å². The quantitative estimate of drug-likeness (QED) is 0.911. The first-order valence-corrected chi connectivity index (χ1v) is 8.14. The van der Waals surface area contributed by atoms with Crippen molar-refractivity contribution in [1.82, 2.24) is 9.97 Å². The van der Waals surface area contributed by atoms with Crippen molar-refractivity contribution in [2.75, 3.05) is 37.5 Å². The van der Waals surface area contributed by atoms with E-state index in [-0.39, 0.29) is 0 Å². The molecule has 1 fully saturated rings. The first-order valence-electron chi connectivity index (χ1n) is 8.14. The summed E-state index contributed by atoms with van der Waals surface area (Å²) in [4.78, 5) is 11.3. The molecule has 3 rings (SSSR count). The summed E-state index contributed by atoms with van der Waals surface area (Å²) in [5.74, 6) is 2.32. The Morgan fingerprint density at radius 1 is 1.00 bits per heavy atom. The number of rotatable bonds is 5. The van der Waals surface area contributed by atoms with Crippen LogP contribution in [-0.2, 0) is 0 Å². The van der Waals surface area contributed by atoms with Gasteiger partial charge >= 0.3 is 0 Å². The van der Waals surface area contributed by atoms with Crippen LogP contribution in [-0.4, -0.2) is 43.3 Å². The van der Waals surface area contributed by atoms with Crippen molar-refractivity contribution in [3.05, 3.63) is 35.7 Å². The lowest BCUT2D eigenvalue weighted by molar-refractivity contribution is 0.394. The van der Waals surface area contributed by atoms with Gasteiger partial charge < -0.3 is 19.7 Å². The SMILES string of the molecule is COc1cc(OC)cc(N2CCC(Nc3nc(C)cc(C)n3)C2)c1. The summed E-state index contributed by atoms with van der Waals surface area (Å²) in [7, 11) is 3.34. The lowest BCUT2D eigenvalue weighted by atomic mass is 10.2. The van der Waals surface area contributed by atoms with Gasteiger partial charge in [-0.15, -0.1) is 0 Å². The molecule has 1 unspecified atom stereocenters. The van der Waals surface area contributed by atoms with Gasteiger partial charge in [-0.1, -0.05) is 0 Å². The predicted octanol–water partition coefficient (Wildman–Crippen LogP) is 2.80. The van der Waals surface area contributed by atoms with E-state index < -0.39 is 0 Å². The van der Waals surface area contributed by atoms with Crippen LogP contribution in [0.25, 0.3) is 0 Å². The van der Waals surface area contributed by atoms with Gasteiger partial charge in [0.15, 0.2) is 0 Å². The number of nitrogens with one attached hydrogen (secondary N) is 1. The normalized spacial score (nSPS) is 17.0. The van der Waals surface area contributed by atoms with E-state index in [1.54, 1.807) is 14.2 Å². The van der Waals surface area contributed by atoms with E-state index in [1.165, 1.54) is 0 Å². The molecular formula is C18H24N4O2. The molecule has 1 aliphatic heterocycles. The van der Waals surface area contributed by atoms with Gasteiger partial charge in [0.25, 0.3) is 0 Å². The number of benzene rings is 1. The number of aromatic nitrogens is 2. The highest BCUT2D eigenvalue weighted by Crippen LogP contribution is 2.30. The maximum absolute atomic E-state index is 5.36. The van der Waals surface area contributed by atoms with E-state index in [1.807, 2.05) is 38.1 Å². The number of hydrogen-bond acceptors (Lipinski definition) is 6. The zero-order valence-electron chi connectivity index (χ0n) is 14.7. The zero-order chi connectivity index (χ0) is 17.1. The van der Waals surface area contributed by atoms with Gasteiger partial charge in [-0.2, -0.15) is 0 Å². The molecule has 0 bridgehead atoms. The lowest BCUT2D eigenvalue weighted by Gasteiger charge is -2.20. The Bertz CT molecular complexity index is 678. The topological polar surface area (TPSA) is 59.5 Å². The minimum Gasteiger partial charge on any atom is -0.497 e. The molecule has 0 amide bonds. The smallest absolute Gasteiger partial charge is 0.223 e. The van der Waals surface area contributed by atoms with Crippen molar-refractivity contribution in [1.29, 1.82) is 0 Å². The van der Waals surface area contributed by atoms with Crippen LogP contribution in [0.1, 0.15) is 17.8 Å². The highest BCUT2D eigenvalue weighted by molar-refractivity contribution is 5.56. The van der Waals surface area contributed by atoms with Crippen LogP contribution in [0.4, 0.5) is 11.6 Å². The highest BCUT2D eigenvalue weighted by Gasteiger charge is 2.24. The summed E-state index contributed by atoms with van der Waals surface area (Å²) >= 11 is 0. The monoisotopic (exact) mass is 328 g/mol. The van der Waals surface area contributed by atoms with Crippen molar-refractivity contribution in [2.24, 2.45) is 0 Å². The fourth-order valence-electron chi connectivity index (χ4n) is 3.06. The van der Waals surface area contributed by atoms with Gasteiger partial charge in [-0.05, 0) is 26.3 Å². The second-order valence-corrected chi connectivity index (χ2v) is 6.12. The second kappa shape index (κ2) is 6.95. The molecule has 0 saturated carbocycles. The van der Waals surface area contributed by atoms with Crippen LogP contribution in [0.3, 0.4) is 0 Å². The molecule has 0 aliphatic carbocycles. The molecule has 0 spiro atoms. The second-order valence-electron chi connectivity index (χ2n) is 6.12. The summed E-state index contributed by atoms with van der Waals surface area (Å²) in [5.41, 5.74) is 3.08. The first kappa shape index (κ1) is 16.4. The Balaban J connectivity index is 1.71.